The van der Waals surface area contributed by atoms with E-state index in [2.05, 4.69) is 17.2 Å². The summed E-state index contributed by atoms with van der Waals surface area (Å²) in [6, 6.07) is 2.89. The molecule has 0 saturated carbocycles. The van der Waals surface area contributed by atoms with Gasteiger partial charge in [0.15, 0.2) is 0 Å². The van der Waals surface area contributed by atoms with Gasteiger partial charge in [-0.2, -0.15) is 13.2 Å². The molecule has 0 amide bonds. The van der Waals surface area contributed by atoms with Crippen LogP contribution < -0.4 is 5.32 Å². The van der Waals surface area contributed by atoms with E-state index in [9.17, 15) is 13.2 Å². The van der Waals surface area contributed by atoms with Crippen LogP contribution in [0.1, 0.15) is 36.3 Å². The molecule has 1 saturated heterocycles. The van der Waals surface area contributed by atoms with Crippen molar-refractivity contribution >= 4 is 0 Å². The SMILES string of the molecule is C[C@H]1CNC2c3ccc(C(F)(F)F)nc3CC2C1. The fraction of sp³-hybridized carbons (Fsp3) is 0.615. The summed E-state index contributed by atoms with van der Waals surface area (Å²) in [6.45, 7) is 3.10. The van der Waals surface area contributed by atoms with Crippen molar-refractivity contribution < 1.29 is 13.2 Å². The van der Waals surface area contributed by atoms with Crippen molar-refractivity contribution in [3.8, 4) is 0 Å². The lowest BCUT2D eigenvalue weighted by atomic mass is 9.86. The average molecular weight is 256 g/mol. The van der Waals surface area contributed by atoms with E-state index >= 15 is 0 Å². The zero-order valence-corrected chi connectivity index (χ0v) is 10.1. The van der Waals surface area contributed by atoms with Gasteiger partial charge in [-0.05, 0) is 42.9 Å². The van der Waals surface area contributed by atoms with Crippen LogP contribution in [-0.2, 0) is 12.6 Å². The molecule has 1 fully saturated rings. The predicted octanol–water partition coefficient (Wildman–Crippen LogP) is 2.94. The molecule has 0 spiro atoms. The number of pyridine rings is 1. The molecular weight excluding hydrogens is 241 g/mol. The second kappa shape index (κ2) is 3.95. The lowest BCUT2D eigenvalue weighted by Gasteiger charge is -2.31. The molecule has 0 aromatic carbocycles. The van der Waals surface area contributed by atoms with Gasteiger partial charge in [0.05, 0.1) is 0 Å². The fourth-order valence-electron chi connectivity index (χ4n) is 3.16. The Morgan fingerprint density at radius 2 is 2.11 bits per heavy atom. The number of nitrogens with one attached hydrogen (secondary N) is 1. The van der Waals surface area contributed by atoms with Crippen LogP contribution in [0.3, 0.4) is 0 Å². The first kappa shape index (κ1) is 12.0. The van der Waals surface area contributed by atoms with Gasteiger partial charge in [0, 0.05) is 11.7 Å². The topological polar surface area (TPSA) is 24.9 Å². The zero-order valence-electron chi connectivity index (χ0n) is 10.1. The molecule has 0 radical (unpaired) electrons. The molecular formula is C13H15F3N2. The van der Waals surface area contributed by atoms with Crippen molar-refractivity contribution in [2.24, 2.45) is 11.8 Å². The fourth-order valence-corrected chi connectivity index (χ4v) is 3.16. The van der Waals surface area contributed by atoms with E-state index in [0.717, 1.165) is 24.6 Å². The maximum atomic E-state index is 12.6. The number of hydrogen-bond acceptors (Lipinski definition) is 2. The average Bonchev–Trinajstić information content (AvgIpc) is 2.63. The summed E-state index contributed by atoms with van der Waals surface area (Å²) in [5.41, 5.74) is 0.814. The van der Waals surface area contributed by atoms with E-state index in [1.54, 1.807) is 6.07 Å². The number of hydrogen-bond donors (Lipinski definition) is 1. The number of alkyl halides is 3. The van der Waals surface area contributed by atoms with Gasteiger partial charge in [-0.1, -0.05) is 13.0 Å². The molecule has 1 N–H and O–H groups in total. The molecule has 3 rings (SSSR count). The van der Waals surface area contributed by atoms with Gasteiger partial charge in [-0.15, -0.1) is 0 Å². The number of fused-ring (bicyclic) bond motifs is 3. The van der Waals surface area contributed by atoms with Gasteiger partial charge in [-0.3, -0.25) is 0 Å². The van der Waals surface area contributed by atoms with E-state index < -0.39 is 11.9 Å². The van der Waals surface area contributed by atoms with Crippen LogP contribution in [0.5, 0.6) is 0 Å². The summed E-state index contributed by atoms with van der Waals surface area (Å²) >= 11 is 0. The molecule has 2 unspecified atom stereocenters. The summed E-state index contributed by atoms with van der Waals surface area (Å²) in [7, 11) is 0. The zero-order chi connectivity index (χ0) is 12.9. The predicted molar refractivity (Wildman–Crippen MR) is 61.0 cm³/mol. The van der Waals surface area contributed by atoms with Gasteiger partial charge in [0.25, 0.3) is 0 Å². The maximum absolute atomic E-state index is 12.6. The lowest BCUT2D eigenvalue weighted by Crippen LogP contribution is -2.36. The van der Waals surface area contributed by atoms with E-state index in [1.807, 2.05) is 0 Å². The molecule has 98 valence electrons. The molecule has 1 aliphatic heterocycles. The molecule has 1 aromatic heterocycles. The lowest BCUT2D eigenvalue weighted by molar-refractivity contribution is -0.141. The van der Waals surface area contributed by atoms with Crippen LogP contribution in [-0.4, -0.2) is 11.5 Å². The van der Waals surface area contributed by atoms with Crippen LogP contribution in [0.15, 0.2) is 12.1 Å². The molecule has 1 aromatic rings. The van der Waals surface area contributed by atoms with Gasteiger partial charge >= 0.3 is 6.18 Å². The molecule has 0 bridgehead atoms. The number of piperidine rings is 1. The quantitative estimate of drug-likeness (QED) is 0.772. The first-order valence-electron chi connectivity index (χ1n) is 6.25. The third kappa shape index (κ3) is 1.90. The van der Waals surface area contributed by atoms with Crippen LogP contribution in [0.4, 0.5) is 13.2 Å². The van der Waals surface area contributed by atoms with Crippen LogP contribution in [0, 0.1) is 11.8 Å². The highest BCUT2D eigenvalue weighted by atomic mass is 19.4. The molecule has 3 atom stereocenters. The molecule has 2 nitrogen and oxygen atoms in total. The van der Waals surface area contributed by atoms with Crippen LogP contribution in [0.25, 0.3) is 0 Å². The number of aromatic nitrogens is 1. The first-order valence-corrected chi connectivity index (χ1v) is 6.25. The number of rotatable bonds is 0. The van der Waals surface area contributed by atoms with E-state index in [1.165, 1.54) is 0 Å². The van der Waals surface area contributed by atoms with Crippen LogP contribution in [0.2, 0.25) is 0 Å². The van der Waals surface area contributed by atoms with Crippen molar-refractivity contribution in [2.75, 3.05) is 6.54 Å². The molecule has 18 heavy (non-hydrogen) atoms. The first-order chi connectivity index (χ1) is 8.45. The Kier molecular flexibility index (Phi) is 2.62. The van der Waals surface area contributed by atoms with Crippen molar-refractivity contribution in [3.63, 3.8) is 0 Å². The van der Waals surface area contributed by atoms with E-state index in [4.69, 9.17) is 0 Å². The Hall–Kier alpha value is -1.10. The Bertz CT molecular complexity index is 470. The molecule has 1 aliphatic carbocycles. The van der Waals surface area contributed by atoms with Crippen molar-refractivity contribution in [3.05, 3.63) is 29.1 Å². The standard InChI is InChI=1S/C13H15F3N2/c1-7-4-8-5-10-9(12(8)17-6-7)2-3-11(18-10)13(14,15)16/h2-3,7-8,12,17H,4-6H2,1H3/t7-,8?,12?/m1/s1. The van der Waals surface area contributed by atoms with Crippen molar-refractivity contribution in [2.45, 2.75) is 32.0 Å². The van der Waals surface area contributed by atoms with Gasteiger partial charge in [-0.25, -0.2) is 4.98 Å². The Morgan fingerprint density at radius 3 is 2.83 bits per heavy atom. The minimum atomic E-state index is -4.34. The highest BCUT2D eigenvalue weighted by Gasteiger charge is 2.39. The second-order valence-corrected chi connectivity index (χ2v) is 5.42. The van der Waals surface area contributed by atoms with Gasteiger partial charge in [0.2, 0.25) is 0 Å². The normalized spacial score (nSPS) is 31.0. The Morgan fingerprint density at radius 1 is 1.33 bits per heavy atom. The second-order valence-electron chi connectivity index (χ2n) is 5.42. The third-order valence-corrected chi connectivity index (χ3v) is 3.95. The van der Waals surface area contributed by atoms with Gasteiger partial charge < -0.3 is 5.32 Å². The minimum absolute atomic E-state index is 0.200. The highest BCUT2D eigenvalue weighted by molar-refractivity contribution is 5.33. The van der Waals surface area contributed by atoms with Crippen molar-refractivity contribution in [1.29, 1.82) is 0 Å². The van der Waals surface area contributed by atoms with E-state index in [-0.39, 0.29) is 6.04 Å². The summed E-state index contributed by atoms with van der Waals surface area (Å²) in [5, 5.41) is 3.42. The summed E-state index contributed by atoms with van der Waals surface area (Å²) < 4.78 is 37.8. The molecule has 5 heteroatoms. The highest BCUT2D eigenvalue weighted by Crippen LogP contribution is 2.42. The number of halogens is 3. The Labute approximate surface area is 104 Å². The molecule has 2 heterocycles. The smallest absolute Gasteiger partial charge is 0.309 e. The van der Waals surface area contributed by atoms with Crippen LogP contribution >= 0.6 is 0 Å². The third-order valence-electron chi connectivity index (χ3n) is 3.95. The maximum Gasteiger partial charge on any atom is 0.433 e. The minimum Gasteiger partial charge on any atom is -0.309 e. The summed E-state index contributed by atoms with van der Waals surface area (Å²) in [5.74, 6) is 0.988. The van der Waals surface area contributed by atoms with Gasteiger partial charge in [0.1, 0.15) is 5.69 Å². The van der Waals surface area contributed by atoms with E-state index in [0.29, 0.717) is 24.0 Å². The largest absolute Gasteiger partial charge is 0.433 e. The van der Waals surface area contributed by atoms with Crippen molar-refractivity contribution in [1.82, 2.24) is 10.3 Å². The molecule has 2 aliphatic rings. The monoisotopic (exact) mass is 256 g/mol. The summed E-state index contributed by atoms with van der Waals surface area (Å²) in [4.78, 5) is 3.81. The Balaban J connectivity index is 1.93. The number of nitrogens with zero attached hydrogens (tertiary/aromatic N) is 1. The summed E-state index contributed by atoms with van der Waals surface area (Å²) in [6.07, 6.45) is -2.61.